The largest absolute Gasteiger partial charge is 0.370 e. The average molecular weight is 487 g/mol. The highest BCUT2D eigenvalue weighted by Crippen LogP contribution is 2.20. The van der Waals surface area contributed by atoms with Crippen LogP contribution in [0.3, 0.4) is 0 Å². The molecule has 1 atom stereocenters. The molecule has 1 saturated heterocycles. The topological polar surface area (TPSA) is 74.0 Å². The predicted octanol–water partition coefficient (Wildman–Crippen LogP) is 2.42. The summed E-state index contributed by atoms with van der Waals surface area (Å²) in [5, 5.41) is 3.41. The first-order valence-electron chi connectivity index (χ1n) is 9.52. The van der Waals surface area contributed by atoms with E-state index in [1.807, 2.05) is 0 Å². The number of nitrogens with one attached hydrogen (secondary N) is 1. The number of aliphatic imine (C=N–C) groups is 1. The van der Waals surface area contributed by atoms with Crippen molar-refractivity contribution in [2.45, 2.75) is 39.3 Å². The van der Waals surface area contributed by atoms with Crippen LogP contribution in [0.5, 0.6) is 0 Å². The van der Waals surface area contributed by atoms with Gasteiger partial charge in [-0.1, -0.05) is 24.3 Å². The Morgan fingerprint density at radius 3 is 2.67 bits per heavy atom. The third-order valence-corrected chi connectivity index (χ3v) is 4.65. The van der Waals surface area contributed by atoms with Gasteiger partial charge < -0.3 is 20.9 Å². The molecule has 0 radical (unpaired) electrons. The van der Waals surface area contributed by atoms with Crippen molar-refractivity contribution in [3.05, 3.63) is 35.4 Å². The van der Waals surface area contributed by atoms with Crippen LogP contribution in [0.4, 0.5) is 0 Å². The zero-order valence-electron chi connectivity index (χ0n) is 16.8. The molecule has 3 N–H and O–H groups in total. The first-order chi connectivity index (χ1) is 12.5. The molecule has 1 unspecified atom stereocenters. The fourth-order valence-electron chi connectivity index (χ4n) is 3.50. The molecule has 0 saturated carbocycles. The Bertz CT molecular complexity index is 620. The molecule has 1 aliphatic rings. The van der Waals surface area contributed by atoms with Gasteiger partial charge >= 0.3 is 0 Å². The molecule has 1 aliphatic heterocycles. The molecular weight excluding hydrogens is 453 g/mol. The van der Waals surface area contributed by atoms with Gasteiger partial charge in [0.15, 0.2) is 5.96 Å². The molecule has 0 aromatic heterocycles. The lowest BCUT2D eigenvalue weighted by Gasteiger charge is -2.34. The fraction of sp³-hybridized carbons (Fsp3) is 0.600. The molecule has 0 aliphatic carbocycles. The Balaban J connectivity index is 0.00000364. The molecule has 1 aromatic rings. The molecule has 1 heterocycles. The number of likely N-dealkylation sites (tertiary alicyclic amines) is 1. The number of rotatable bonds is 7. The molecule has 1 amide bonds. The minimum absolute atomic E-state index is 0. The highest BCUT2D eigenvalue weighted by atomic mass is 127. The van der Waals surface area contributed by atoms with Crippen molar-refractivity contribution in [2.75, 3.05) is 33.7 Å². The zero-order chi connectivity index (χ0) is 18.9. The highest BCUT2D eigenvalue weighted by Gasteiger charge is 2.23. The summed E-state index contributed by atoms with van der Waals surface area (Å²) in [6.45, 7) is 6.29. The Hall–Kier alpha value is -1.35. The van der Waals surface area contributed by atoms with Gasteiger partial charge in [-0.05, 0) is 50.9 Å². The van der Waals surface area contributed by atoms with Gasteiger partial charge in [-0.15, -0.1) is 24.0 Å². The van der Waals surface area contributed by atoms with Gasteiger partial charge in [-0.25, -0.2) is 4.99 Å². The number of piperidine rings is 1. The maximum Gasteiger partial charge on any atom is 0.217 e. The maximum absolute atomic E-state index is 11.3. The second-order valence-corrected chi connectivity index (χ2v) is 7.30. The minimum atomic E-state index is -0.212. The van der Waals surface area contributed by atoms with Gasteiger partial charge in [0.1, 0.15) is 0 Å². The van der Waals surface area contributed by atoms with E-state index in [4.69, 9.17) is 10.7 Å². The van der Waals surface area contributed by atoms with E-state index in [1.54, 1.807) is 0 Å². The molecule has 2 rings (SSSR count). The van der Waals surface area contributed by atoms with Gasteiger partial charge in [0, 0.05) is 32.6 Å². The molecule has 27 heavy (non-hydrogen) atoms. The summed E-state index contributed by atoms with van der Waals surface area (Å²) in [5.74, 6) is 1.05. The molecule has 1 fully saturated rings. The van der Waals surface area contributed by atoms with Crippen molar-refractivity contribution < 1.29 is 4.79 Å². The van der Waals surface area contributed by atoms with E-state index in [0.29, 0.717) is 18.9 Å². The van der Waals surface area contributed by atoms with Crippen molar-refractivity contribution in [1.29, 1.82) is 0 Å². The Kier molecular flexibility index (Phi) is 10.7. The summed E-state index contributed by atoms with van der Waals surface area (Å²) < 4.78 is 0. The smallest absolute Gasteiger partial charge is 0.217 e. The quantitative estimate of drug-likeness (QED) is 0.352. The number of halogens is 1. The van der Waals surface area contributed by atoms with Crippen molar-refractivity contribution in [3.63, 3.8) is 0 Å². The van der Waals surface area contributed by atoms with E-state index in [0.717, 1.165) is 45.0 Å². The predicted molar refractivity (Wildman–Crippen MR) is 122 cm³/mol. The van der Waals surface area contributed by atoms with Crippen molar-refractivity contribution >= 4 is 35.8 Å². The summed E-state index contributed by atoms with van der Waals surface area (Å²) in [6, 6.07) is 8.47. The third kappa shape index (κ3) is 8.04. The Labute approximate surface area is 180 Å². The Morgan fingerprint density at radius 1 is 1.33 bits per heavy atom. The number of benzene rings is 1. The summed E-state index contributed by atoms with van der Waals surface area (Å²) in [5.41, 5.74) is 7.95. The van der Waals surface area contributed by atoms with E-state index in [9.17, 15) is 4.79 Å². The van der Waals surface area contributed by atoms with E-state index in [1.165, 1.54) is 11.1 Å². The van der Waals surface area contributed by atoms with Crippen molar-refractivity contribution in [3.8, 4) is 0 Å². The Morgan fingerprint density at radius 2 is 2.04 bits per heavy atom. The van der Waals surface area contributed by atoms with Crippen LogP contribution in [0.1, 0.15) is 37.3 Å². The minimum Gasteiger partial charge on any atom is -0.370 e. The number of hydrogen-bond acceptors (Lipinski definition) is 3. The summed E-state index contributed by atoms with van der Waals surface area (Å²) >= 11 is 0. The SMILES string of the molecule is CCNC(=NCc1ccccc1CN(C)C)N1CCCC(CC(N)=O)C1.I. The molecular formula is C20H34IN5O. The standard InChI is InChI=1S/C20H33N5O.HI/c1-4-22-20(25-11-7-8-16(14-25)12-19(21)26)23-13-17-9-5-6-10-18(17)15-24(2)3;/h5-6,9-10,16H,4,7-8,11-15H2,1-3H3,(H2,21,26)(H,22,23);1H. The maximum atomic E-state index is 11.3. The average Bonchev–Trinajstić information content (AvgIpc) is 2.59. The van der Waals surface area contributed by atoms with Gasteiger partial charge in [0.05, 0.1) is 6.54 Å². The first kappa shape index (κ1) is 23.7. The van der Waals surface area contributed by atoms with Crippen LogP contribution in [0.2, 0.25) is 0 Å². The van der Waals surface area contributed by atoms with Crippen LogP contribution in [0, 0.1) is 5.92 Å². The number of carbonyl (C=O) groups is 1. The van der Waals surface area contributed by atoms with Crippen LogP contribution < -0.4 is 11.1 Å². The van der Waals surface area contributed by atoms with Gasteiger partial charge in [-0.3, -0.25) is 4.79 Å². The first-order valence-corrected chi connectivity index (χ1v) is 9.52. The molecule has 7 heteroatoms. The monoisotopic (exact) mass is 487 g/mol. The van der Waals surface area contributed by atoms with E-state index < -0.39 is 0 Å². The second kappa shape index (κ2) is 12.2. The van der Waals surface area contributed by atoms with Crippen molar-refractivity contribution in [1.82, 2.24) is 15.1 Å². The molecule has 0 bridgehead atoms. The number of nitrogens with zero attached hydrogens (tertiary/aromatic N) is 3. The van der Waals surface area contributed by atoms with Gasteiger partial charge in [0.2, 0.25) is 5.91 Å². The fourth-order valence-corrected chi connectivity index (χ4v) is 3.50. The highest BCUT2D eigenvalue weighted by molar-refractivity contribution is 14.0. The number of carbonyl (C=O) groups excluding carboxylic acids is 1. The van der Waals surface area contributed by atoms with Crippen molar-refractivity contribution in [2.24, 2.45) is 16.6 Å². The van der Waals surface area contributed by atoms with Crippen LogP contribution in [-0.2, 0) is 17.9 Å². The normalized spacial score (nSPS) is 17.6. The van der Waals surface area contributed by atoms with E-state index in [-0.39, 0.29) is 29.9 Å². The second-order valence-electron chi connectivity index (χ2n) is 7.30. The van der Waals surface area contributed by atoms with Crippen LogP contribution >= 0.6 is 24.0 Å². The number of guanidine groups is 1. The lowest BCUT2D eigenvalue weighted by molar-refractivity contribution is -0.119. The summed E-state index contributed by atoms with van der Waals surface area (Å²) in [4.78, 5) is 20.6. The third-order valence-electron chi connectivity index (χ3n) is 4.65. The molecule has 1 aromatic carbocycles. The van der Waals surface area contributed by atoms with E-state index >= 15 is 0 Å². The number of nitrogens with two attached hydrogens (primary N) is 1. The molecule has 6 nitrogen and oxygen atoms in total. The lowest BCUT2D eigenvalue weighted by atomic mass is 9.95. The van der Waals surface area contributed by atoms with Gasteiger partial charge in [0.25, 0.3) is 0 Å². The van der Waals surface area contributed by atoms with Gasteiger partial charge in [-0.2, -0.15) is 0 Å². The van der Waals surface area contributed by atoms with E-state index in [2.05, 4.69) is 60.4 Å². The molecule has 152 valence electrons. The lowest BCUT2D eigenvalue weighted by Crippen LogP contribution is -2.47. The van der Waals surface area contributed by atoms with Crippen LogP contribution in [0.25, 0.3) is 0 Å². The summed E-state index contributed by atoms with van der Waals surface area (Å²) in [6.07, 6.45) is 2.59. The number of primary amides is 1. The van der Waals surface area contributed by atoms with Crippen LogP contribution in [0.15, 0.2) is 29.3 Å². The molecule has 0 spiro atoms. The number of amides is 1. The summed E-state index contributed by atoms with van der Waals surface area (Å²) in [7, 11) is 4.16. The number of hydrogen-bond donors (Lipinski definition) is 2. The zero-order valence-corrected chi connectivity index (χ0v) is 19.1. The van der Waals surface area contributed by atoms with Crippen LogP contribution in [-0.4, -0.2) is 55.4 Å².